The Hall–Kier alpha value is -1.88. The lowest BCUT2D eigenvalue weighted by Crippen LogP contribution is -2.14. The van der Waals surface area contributed by atoms with E-state index in [1.807, 2.05) is 31.2 Å². The minimum Gasteiger partial charge on any atom is -0.381 e. The van der Waals surface area contributed by atoms with Crippen molar-refractivity contribution in [2.24, 2.45) is 0 Å². The summed E-state index contributed by atoms with van der Waals surface area (Å²) in [5.41, 5.74) is 3.18. The van der Waals surface area contributed by atoms with Crippen LogP contribution in [0.4, 0.5) is 11.4 Å². The average Bonchev–Trinajstić information content (AvgIpc) is 3.26. The first kappa shape index (κ1) is 14.1. The third-order valence-electron chi connectivity index (χ3n) is 3.38. The van der Waals surface area contributed by atoms with Crippen LogP contribution in [0.5, 0.6) is 0 Å². The normalized spacial score (nSPS) is 13.8. The third kappa shape index (κ3) is 3.61. The number of aryl methyl sites for hydroxylation is 1. The van der Waals surface area contributed by atoms with Crippen LogP contribution in [-0.2, 0) is 0 Å². The summed E-state index contributed by atoms with van der Waals surface area (Å²) in [6, 6.07) is 9.96. The van der Waals surface area contributed by atoms with Gasteiger partial charge in [-0.05, 0) is 55.7 Å². The molecule has 1 aromatic carbocycles. The highest BCUT2D eigenvalue weighted by molar-refractivity contribution is 9.10. The van der Waals surface area contributed by atoms with Crippen LogP contribution in [0.1, 0.15) is 28.9 Å². The van der Waals surface area contributed by atoms with Crippen molar-refractivity contribution in [2.45, 2.75) is 25.8 Å². The first-order chi connectivity index (χ1) is 10.1. The third-order valence-corrected chi connectivity index (χ3v) is 3.87. The van der Waals surface area contributed by atoms with E-state index in [4.69, 9.17) is 0 Å². The molecule has 1 heterocycles. The Morgan fingerprint density at radius 1 is 1.29 bits per heavy atom. The molecule has 1 amide bonds. The van der Waals surface area contributed by atoms with Gasteiger partial charge in [0.1, 0.15) is 5.69 Å². The number of carbonyl (C=O) groups is 1. The minimum absolute atomic E-state index is 0.196. The fourth-order valence-electron chi connectivity index (χ4n) is 2.03. The molecule has 5 heteroatoms. The summed E-state index contributed by atoms with van der Waals surface area (Å²) in [5.74, 6) is -0.196. The topological polar surface area (TPSA) is 54.0 Å². The van der Waals surface area contributed by atoms with E-state index >= 15 is 0 Å². The molecule has 1 saturated carbocycles. The highest BCUT2D eigenvalue weighted by Gasteiger charge is 2.20. The summed E-state index contributed by atoms with van der Waals surface area (Å²) < 4.78 is 0.992. The molecule has 0 spiro atoms. The number of nitrogens with zero attached hydrogens (tertiary/aromatic N) is 1. The predicted octanol–water partition coefficient (Wildman–Crippen LogP) is 3.98. The van der Waals surface area contributed by atoms with Gasteiger partial charge in [-0.25, -0.2) is 4.98 Å². The van der Waals surface area contributed by atoms with Gasteiger partial charge in [0.25, 0.3) is 5.91 Å². The maximum Gasteiger partial charge on any atom is 0.274 e. The van der Waals surface area contributed by atoms with Crippen LogP contribution in [0, 0.1) is 6.92 Å². The molecule has 1 fully saturated rings. The van der Waals surface area contributed by atoms with Crippen molar-refractivity contribution >= 4 is 33.2 Å². The van der Waals surface area contributed by atoms with E-state index in [-0.39, 0.29) is 5.91 Å². The number of rotatable bonds is 4. The summed E-state index contributed by atoms with van der Waals surface area (Å²) in [6.45, 7) is 1.95. The maximum absolute atomic E-state index is 12.2. The molecule has 1 aliphatic rings. The van der Waals surface area contributed by atoms with Crippen LogP contribution >= 0.6 is 15.9 Å². The van der Waals surface area contributed by atoms with E-state index in [1.165, 1.54) is 12.8 Å². The molecule has 3 rings (SSSR count). The molecule has 0 atom stereocenters. The standard InChI is InChI=1S/C16H16BrN3O/c1-10-8-11(17)2-6-14(10)20-16(21)15-7-5-13(9-18-15)19-12-3-4-12/h2,5-9,12,19H,3-4H2,1H3,(H,20,21). The van der Waals surface area contributed by atoms with E-state index in [0.717, 1.165) is 21.4 Å². The number of hydrogen-bond acceptors (Lipinski definition) is 3. The number of halogens is 1. The smallest absolute Gasteiger partial charge is 0.274 e. The van der Waals surface area contributed by atoms with Crippen molar-refractivity contribution in [3.8, 4) is 0 Å². The van der Waals surface area contributed by atoms with Crippen molar-refractivity contribution < 1.29 is 4.79 Å². The zero-order valence-electron chi connectivity index (χ0n) is 11.7. The molecular formula is C16H16BrN3O. The molecule has 21 heavy (non-hydrogen) atoms. The van der Waals surface area contributed by atoms with Crippen LogP contribution in [-0.4, -0.2) is 16.9 Å². The molecule has 0 unspecified atom stereocenters. The summed E-state index contributed by atoms with van der Waals surface area (Å²) in [7, 11) is 0. The Morgan fingerprint density at radius 3 is 2.71 bits per heavy atom. The number of nitrogens with one attached hydrogen (secondary N) is 2. The zero-order chi connectivity index (χ0) is 14.8. The summed E-state index contributed by atoms with van der Waals surface area (Å²) in [5, 5.41) is 6.23. The second-order valence-electron chi connectivity index (χ2n) is 5.26. The molecule has 0 bridgehead atoms. The quantitative estimate of drug-likeness (QED) is 0.881. The van der Waals surface area contributed by atoms with Crippen molar-refractivity contribution in [3.63, 3.8) is 0 Å². The molecule has 0 aliphatic heterocycles. The Kier molecular flexibility index (Phi) is 3.92. The predicted molar refractivity (Wildman–Crippen MR) is 87.7 cm³/mol. The lowest BCUT2D eigenvalue weighted by Gasteiger charge is -2.09. The molecule has 1 aliphatic carbocycles. The van der Waals surface area contributed by atoms with Crippen molar-refractivity contribution in [1.29, 1.82) is 0 Å². The summed E-state index contributed by atoms with van der Waals surface area (Å²) in [4.78, 5) is 16.4. The first-order valence-electron chi connectivity index (χ1n) is 6.92. The lowest BCUT2D eigenvalue weighted by atomic mass is 10.2. The molecule has 2 N–H and O–H groups in total. The van der Waals surface area contributed by atoms with Crippen LogP contribution < -0.4 is 10.6 Å². The van der Waals surface area contributed by atoms with Crippen LogP contribution in [0.2, 0.25) is 0 Å². The molecule has 4 nitrogen and oxygen atoms in total. The first-order valence-corrected chi connectivity index (χ1v) is 7.71. The Bertz CT molecular complexity index is 666. The van der Waals surface area contributed by atoms with E-state index < -0.39 is 0 Å². The fourth-order valence-corrected chi connectivity index (χ4v) is 2.51. The largest absolute Gasteiger partial charge is 0.381 e. The Morgan fingerprint density at radius 2 is 2.10 bits per heavy atom. The second-order valence-corrected chi connectivity index (χ2v) is 6.18. The van der Waals surface area contributed by atoms with Gasteiger partial charge >= 0.3 is 0 Å². The van der Waals surface area contributed by atoms with Crippen molar-refractivity contribution in [1.82, 2.24) is 4.98 Å². The number of amides is 1. The highest BCUT2D eigenvalue weighted by atomic mass is 79.9. The van der Waals surface area contributed by atoms with Crippen molar-refractivity contribution in [3.05, 3.63) is 52.3 Å². The van der Waals surface area contributed by atoms with E-state index in [0.29, 0.717) is 11.7 Å². The maximum atomic E-state index is 12.2. The summed E-state index contributed by atoms with van der Waals surface area (Å²) >= 11 is 3.41. The molecule has 108 valence electrons. The number of benzene rings is 1. The Balaban J connectivity index is 1.69. The van der Waals surface area contributed by atoms with E-state index in [9.17, 15) is 4.79 Å². The highest BCUT2D eigenvalue weighted by Crippen LogP contribution is 2.24. The molecule has 1 aromatic heterocycles. The number of aromatic nitrogens is 1. The van der Waals surface area contributed by atoms with Gasteiger partial charge < -0.3 is 10.6 Å². The average molecular weight is 346 g/mol. The number of carbonyl (C=O) groups excluding carboxylic acids is 1. The lowest BCUT2D eigenvalue weighted by molar-refractivity contribution is 0.102. The van der Waals surface area contributed by atoms with Gasteiger partial charge in [0, 0.05) is 16.2 Å². The Labute approximate surface area is 132 Å². The molecule has 0 radical (unpaired) electrons. The zero-order valence-corrected chi connectivity index (χ0v) is 13.3. The van der Waals surface area contributed by atoms with Gasteiger partial charge in [-0.2, -0.15) is 0 Å². The van der Waals surface area contributed by atoms with Gasteiger partial charge in [0.2, 0.25) is 0 Å². The van der Waals surface area contributed by atoms with Gasteiger partial charge in [0.15, 0.2) is 0 Å². The molecule has 2 aromatic rings. The number of anilines is 2. The van der Waals surface area contributed by atoms with Gasteiger partial charge in [-0.3, -0.25) is 4.79 Å². The minimum atomic E-state index is -0.196. The van der Waals surface area contributed by atoms with Gasteiger partial charge in [0.05, 0.1) is 11.9 Å². The second kappa shape index (κ2) is 5.85. The van der Waals surface area contributed by atoms with Gasteiger partial charge in [-0.15, -0.1) is 0 Å². The fraction of sp³-hybridized carbons (Fsp3) is 0.250. The SMILES string of the molecule is Cc1cc(Br)ccc1NC(=O)c1ccc(NC2CC2)cn1. The van der Waals surface area contributed by atoms with Crippen LogP contribution in [0.15, 0.2) is 41.0 Å². The van der Waals surface area contributed by atoms with E-state index in [1.54, 1.807) is 12.3 Å². The van der Waals surface area contributed by atoms with Crippen LogP contribution in [0.25, 0.3) is 0 Å². The van der Waals surface area contributed by atoms with Crippen molar-refractivity contribution in [2.75, 3.05) is 10.6 Å². The monoisotopic (exact) mass is 345 g/mol. The van der Waals surface area contributed by atoms with Gasteiger partial charge in [-0.1, -0.05) is 15.9 Å². The summed E-state index contributed by atoms with van der Waals surface area (Å²) in [6.07, 6.45) is 4.14. The molecular weight excluding hydrogens is 330 g/mol. The number of hydrogen-bond donors (Lipinski definition) is 2. The van der Waals surface area contributed by atoms with Crippen LogP contribution in [0.3, 0.4) is 0 Å². The molecule has 0 saturated heterocycles. The number of pyridine rings is 1. The van der Waals surface area contributed by atoms with E-state index in [2.05, 4.69) is 31.5 Å².